The van der Waals surface area contributed by atoms with E-state index in [1.54, 1.807) is 25.1 Å². The van der Waals surface area contributed by atoms with Crippen LogP contribution in [0.1, 0.15) is 133 Å². The minimum absolute atomic E-state index is 0.00980. The van der Waals surface area contributed by atoms with Crippen molar-refractivity contribution in [2.45, 2.75) is 119 Å². The first-order valence-electron chi connectivity index (χ1n) is 17.8. The number of hydrogen-bond acceptors (Lipinski definition) is 5. The van der Waals surface area contributed by atoms with Gasteiger partial charge in [0, 0.05) is 17.8 Å². The highest BCUT2D eigenvalue weighted by atomic mass is 16.5. The molecule has 10 unspecified atom stereocenters. The predicted octanol–water partition coefficient (Wildman–Crippen LogP) is 9.13. The summed E-state index contributed by atoms with van der Waals surface area (Å²) >= 11 is 0. The summed E-state index contributed by atoms with van der Waals surface area (Å²) in [6.07, 6.45) is 11.0. The Balaban J connectivity index is 1.30. The minimum atomic E-state index is -1.11. The summed E-state index contributed by atoms with van der Waals surface area (Å²) in [5.74, 6) is 0.625. The number of hydrogen-bond donors (Lipinski definition) is 1. The molecule has 1 N–H and O–H groups in total. The van der Waals surface area contributed by atoms with E-state index in [0.717, 1.165) is 44.9 Å². The van der Waals surface area contributed by atoms with E-state index in [2.05, 4.69) is 48.1 Å². The van der Waals surface area contributed by atoms with E-state index in [4.69, 9.17) is 9.47 Å². The highest BCUT2D eigenvalue weighted by Gasteiger charge is 2.71. The van der Waals surface area contributed by atoms with Crippen molar-refractivity contribution in [1.82, 2.24) is 0 Å². The fraction of sp³-hybridized carbons (Fsp3) is 0.725. The molecule has 1 aromatic rings. The molecule has 46 heavy (non-hydrogen) atoms. The second-order valence-electron chi connectivity index (χ2n) is 17.4. The Kier molecular flexibility index (Phi) is 8.12. The molecule has 0 bridgehead atoms. The number of carboxylic acids is 1. The maximum absolute atomic E-state index is 13.4. The van der Waals surface area contributed by atoms with Gasteiger partial charge in [-0.2, -0.15) is 0 Å². The van der Waals surface area contributed by atoms with Crippen LogP contribution < -0.4 is 0 Å². The van der Waals surface area contributed by atoms with Crippen LogP contribution in [-0.2, 0) is 14.3 Å². The zero-order valence-electron chi connectivity index (χ0n) is 29.2. The first-order chi connectivity index (χ1) is 21.5. The van der Waals surface area contributed by atoms with Gasteiger partial charge in [0.1, 0.15) is 6.10 Å². The van der Waals surface area contributed by atoms with Crippen LogP contribution in [0.4, 0.5) is 0 Å². The number of allylic oxidation sites excluding steroid dienone is 1. The summed E-state index contributed by atoms with van der Waals surface area (Å²) < 4.78 is 12.0. The van der Waals surface area contributed by atoms with E-state index in [-0.39, 0.29) is 50.3 Å². The summed E-state index contributed by atoms with van der Waals surface area (Å²) in [6.45, 7) is 21.1. The van der Waals surface area contributed by atoms with Crippen LogP contribution in [0, 0.1) is 56.7 Å². The lowest BCUT2D eigenvalue weighted by atomic mass is 9.32. The number of esters is 2. The van der Waals surface area contributed by atoms with Crippen LogP contribution in [0.3, 0.4) is 0 Å². The molecular formula is C40H56O6. The van der Waals surface area contributed by atoms with Gasteiger partial charge in [-0.05, 0) is 129 Å². The van der Waals surface area contributed by atoms with Crippen LogP contribution in [0.2, 0.25) is 0 Å². The largest absolute Gasteiger partial charge is 0.478 e. The van der Waals surface area contributed by atoms with E-state index in [1.807, 2.05) is 0 Å². The Labute approximate surface area is 276 Å². The normalized spacial score (nSPS) is 42.4. The second-order valence-corrected chi connectivity index (χ2v) is 17.4. The van der Waals surface area contributed by atoms with Crippen molar-refractivity contribution in [3.05, 3.63) is 47.5 Å². The highest BCUT2D eigenvalue weighted by Crippen LogP contribution is 2.77. The number of fused-ring (bicyclic) bond motifs is 7. The highest BCUT2D eigenvalue weighted by molar-refractivity contribution is 6.02. The van der Waals surface area contributed by atoms with Crippen LogP contribution in [-0.4, -0.2) is 35.7 Å². The van der Waals surface area contributed by atoms with Gasteiger partial charge in [-0.1, -0.05) is 58.9 Å². The Morgan fingerprint density at radius 1 is 0.826 bits per heavy atom. The number of rotatable bonds is 6. The number of benzene rings is 1. The van der Waals surface area contributed by atoms with E-state index in [0.29, 0.717) is 36.2 Å². The molecule has 1 aromatic carbocycles. The summed E-state index contributed by atoms with van der Waals surface area (Å²) in [4.78, 5) is 37.2. The number of aromatic carboxylic acids is 1. The Hall–Kier alpha value is -2.63. The molecule has 10 atom stereocenters. The van der Waals surface area contributed by atoms with Crippen molar-refractivity contribution >= 4 is 17.9 Å². The van der Waals surface area contributed by atoms with Crippen LogP contribution in [0.25, 0.3) is 0 Å². The monoisotopic (exact) mass is 632 g/mol. The second kappa shape index (κ2) is 11.2. The molecular weight excluding hydrogens is 576 g/mol. The summed E-state index contributed by atoms with van der Waals surface area (Å²) in [5.41, 5.74) is 1.74. The molecule has 5 fully saturated rings. The number of carbonyl (C=O) groups excluding carboxylic acids is 2. The van der Waals surface area contributed by atoms with Gasteiger partial charge < -0.3 is 14.6 Å². The topological polar surface area (TPSA) is 89.9 Å². The fourth-order valence-electron chi connectivity index (χ4n) is 13.1. The lowest BCUT2D eigenvalue weighted by Crippen LogP contribution is -2.67. The molecule has 5 aliphatic carbocycles. The summed E-state index contributed by atoms with van der Waals surface area (Å²) in [7, 11) is 0. The van der Waals surface area contributed by atoms with Crippen LogP contribution in [0.5, 0.6) is 0 Å². The number of carboxylic acid groups (broad SMARTS) is 1. The number of carbonyl (C=O) groups is 3. The zero-order valence-corrected chi connectivity index (χ0v) is 29.2. The summed E-state index contributed by atoms with van der Waals surface area (Å²) in [5, 5.41) is 9.68. The molecule has 0 aromatic heterocycles. The maximum atomic E-state index is 13.4. The lowest BCUT2D eigenvalue weighted by Gasteiger charge is -2.73. The molecule has 252 valence electrons. The minimum Gasteiger partial charge on any atom is -0.478 e. The predicted molar refractivity (Wildman–Crippen MR) is 178 cm³/mol. The Bertz CT molecular complexity index is 1430. The van der Waals surface area contributed by atoms with E-state index in [9.17, 15) is 19.5 Å². The summed E-state index contributed by atoms with van der Waals surface area (Å²) in [6, 6.07) is 6.37. The van der Waals surface area contributed by atoms with Gasteiger partial charge in [0.05, 0.1) is 17.7 Å². The van der Waals surface area contributed by atoms with Crippen LogP contribution in [0.15, 0.2) is 36.4 Å². The van der Waals surface area contributed by atoms with Crippen molar-refractivity contribution in [2.75, 3.05) is 6.61 Å². The average molecular weight is 633 g/mol. The van der Waals surface area contributed by atoms with Gasteiger partial charge in [0.2, 0.25) is 0 Å². The first-order valence-corrected chi connectivity index (χ1v) is 17.8. The molecule has 0 heterocycles. The van der Waals surface area contributed by atoms with E-state index in [1.165, 1.54) is 30.9 Å². The molecule has 5 saturated carbocycles. The molecule has 0 spiro atoms. The van der Waals surface area contributed by atoms with Crippen LogP contribution >= 0.6 is 0 Å². The van der Waals surface area contributed by atoms with Gasteiger partial charge in [0.15, 0.2) is 0 Å². The van der Waals surface area contributed by atoms with Gasteiger partial charge >= 0.3 is 17.9 Å². The Morgan fingerprint density at radius 2 is 1.52 bits per heavy atom. The molecule has 0 saturated heterocycles. The van der Waals surface area contributed by atoms with E-state index >= 15 is 0 Å². The maximum Gasteiger partial charge on any atom is 0.339 e. The Morgan fingerprint density at radius 3 is 2.17 bits per heavy atom. The molecule has 6 rings (SSSR count). The van der Waals surface area contributed by atoms with Crippen molar-refractivity contribution in [1.29, 1.82) is 0 Å². The average Bonchev–Trinajstić information content (AvgIpc) is 3.38. The number of ether oxygens (including phenoxy) is 2. The molecule has 0 radical (unpaired) electrons. The lowest BCUT2D eigenvalue weighted by molar-refractivity contribution is -0.251. The molecule has 6 heteroatoms. The van der Waals surface area contributed by atoms with Crippen molar-refractivity contribution in [2.24, 2.45) is 56.7 Å². The smallest absolute Gasteiger partial charge is 0.339 e. The third kappa shape index (κ3) is 4.73. The standard InChI is InChI=1S/C40H56O6/c1-24(2)26-15-20-40(23-45-35(44)28-12-10-9-11-27(28)34(42)43)22-21-38(7)29(33(26)40)13-14-31-37(6)18-17-32(46-25(3)41)36(4,5)30(37)16-19-39(31,38)8/h9-12,26,29-33H,1,13-23H2,2-8H3,(H,42,43). The van der Waals surface area contributed by atoms with Crippen molar-refractivity contribution < 1.29 is 29.0 Å². The van der Waals surface area contributed by atoms with Gasteiger partial charge in [0.25, 0.3) is 0 Å². The van der Waals surface area contributed by atoms with Gasteiger partial charge in [-0.15, -0.1) is 0 Å². The van der Waals surface area contributed by atoms with Gasteiger partial charge in [-0.25, -0.2) is 9.59 Å². The molecule has 0 aliphatic heterocycles. The van der Waals surface area contributed by atoms with Crippen molar-refractivity contribution in [3.63, 3.8) is 0 Å². The quantitative estimate of drug-likeness (QED) is 0.249. The third-order valence-electron chi connectivity index (χ3n) is 15.4. The first kappa shape index (κ1) is 33.3. The van der Waals surface area contributed by atoms with Gasteiger partial charge in [-0.3, -0.25) is 4.79 Å². The molecule has 6 nitrogen and oxygen atoms in total. The SMILES string of the molecule is C=C(C)C1CCC2(COC(=O)c3ccccc3C(=O)O)CCC3(C)C(CCC4C5(C)CCC(OC(C)=O)C(C)(C)C5CCC43C)C12. The fourth-order valence-corrected chi connectivity index (χ4v) is 13.1. The van der Waals surface area contributed by atoms with E-state index < -0.39 is 11.9 Å². The third-order valence-corrected chi connectivity index (χ3v) is 15.4. The van der Waals surface area contributed by atoms with Crippen molar-refractivity contribution in [3.8, 4) is 0 Å². The molecule has 5 aliphatic rings. The zero-order chi connectivity index (χ0) is 33.4. The molecule has 0 amide bonds.